The number of nitrogens with zero attached hydrogens (tertiary/aromatic N) is 2. The van der Waals surface area contributed by atoms with E-state index in [0.29, 0.717) is 30.2 Å². The third-order valence-electron chi connectivity index (χ3n) is 5.40. The number of furan rings is 1. The zero-order valence-corrected chi connectivity index (χ0v) is 16.5. The van der Waals surface area contributed by atoms with Crippen LogP contribution in [0.1, 0.15) is 40.7 Å². The van der Waals surface area contributed by atoms with Crippen molar-refractivity contribution < 1.29 is 14.0 Å². The van der Waals surface area contributed by atoms with Crippen molar-refractivity contribution in [3.05, 3.63) is 64.3 Å². The number of para-hydroxylation sites is 1. The predicted molar refractivity (Wildman–Crippen MR) is 110 cm³/mol. The average molecular weight is 393 g/mol. The van der Waals surface area contributed by atoms with Gasteiger partial charge in [-0.15, -0.1) is 0 Å². The third-order valence-corrected chi connectivity index (χ3v) is 5.40. The number of hydrogen-bond acceptors (Lipinski definition) is 4. The maximum atomic E-state index is 12.9. The topological polar surface area (TPSA) is 84.6 Å². The second-order valence-corrected chi connectivity index (χ2v) is 7.64. The van der Waals surface area contributed by atoms with Crippen molar-refractivity contribution in [2.45, 2.75) is 19.8 Å². The third kappa shape index (κ3) is 3.81. The number of aryl methyl sites for hydroxylation is 1. The van der Waals surface area contributed by atoms with E-state index >= 15 is 0 Å². The molecule has 3 heterocycles. The Morgan fingerprint density at radius 2 is 1.86 bits per heavy atom. The molecule has 4 rings (SSSR count). The molecule has 1 aliphatic rings. The number of nitrogens with one attached hydrogen (secondary N) is 1. The molecule has 1 N–H and O–H groups in total. The lowest BCUT2D eigenvalue weighted by Gasteiger charge is -2.30. The first-order chi connectivity index (χ1) is 13.9. The fourth-order valence-corrected chi connectivity index (χ4v) is 3.59. The van der Waals surface area contributed by atoms with Gasteiger partial charge in [-0.05, 0) is 37.0 Å². The van der Waals surface area contributed by atoms with Gasteiger partial charge in [-0.25, -0.2) is 0 Å². The first kappa shape index (κ1) is 19.0. The Morgan fingerprint density at radius 1 is 1.14 bits per heavy atom. The Hall–Kier alpha value is -3.35. The molecule has 2 aromatic heterocycles. The lowest BCUT2D eigenvalue weighted by atomic mass is 9.99. The van der Waals surface area contributed by atoms with Crippen LogP contribution in [0, 0.1) is 5.92 Å². The molecule has 7 nitrogen and oxygen atoms in total. The Labute approximate surface area is 167 Å². The summed E-state index contributed by atoms with van der Waals surface area (Å²) < 4.78 is 6.87. The van der Waals surface area contributed by atoms with E-state index in [1.807, 2.05) is 18.2 Å². The molecule has 0 saturated carbocycles. The highest BCUT2D eigenvalue weighted by molar-refractivity contribution is 6.05. The van der Waals surface area contributed by atoms with Crippen LogP contribution < -0.4 is 10.9 Å². The number of anilines is 1. The van der Waals surface area contributed by atoms with Crippen LogP contribution in [0.2, 0.25) is 0 Å². The number of rotatable bonds is 3. The van der Waals surface area contributed by atoms with Gasteiger partial charge in [0.2, 0.25) is 0 Å². The molecule has 1 aliphatic heterocycles. The van der Waals surface area contributed by atoms with Crippen LogP contribution in [0.3, 0.4) is 0 Å². The number of benzene rings is 1. The molecule has 0 spiro atoms. The van der Waals surface area contributed by atoms with Crippen LogP contribution in [0.4, 0.5) is 5.69 Å². The van der Waals surface area contributed by atoms with Gasteiger partial charge in [0.1, 0.15) is 11.3 Å². The molecule has 1 aromatic carbocycles. The van der Waals surface area contributed by atoms with Gasteiger partial charge < -0.3 is 19.2 Å². The molecule has 0 unspecified atom stereocenters. The van der Waals surface area contributed by atoms with Crippen molar-refractivity contribution in [3.63, 3.8) is 0 Å². The Bertz CT molecular complexity index is 1100. The smallest absolute Gasteiger partial charge is 0.291 e. The first-order valence-electron chi connectivity index (χ1n) is 9.72. The summed E-state index contributed by atoms with van der Waals surface area (Å²) in [5.41, 5.74) is 0.628. The second kappa shape index (κ2) is 7.58. The Morgan fingerprint density at radius 3 is 2.59 bits per heavy atom. The monoisotopic (exact) mass is 393 g/mol. The van der Waals surface area contributed by atoms with Crippen molar-refractivity contribution in [3.8, 4) is 0 Å². The number of likely N-dealkylation sites (tertiary alicyclic amines) is 1. The van der Waals surface area contributed by atoms with Crippen molar-refractivity contribution in [1.29, 1.82) is 0 Å². The van der Waals surface area contributed by atoms with E-state index in [1.54, 1.807) is 24.1 Å². The molecule has 29 heavy (non-hydrogen) atoms. The molecule has 1 saturated heterocycles. The lowest BCUT2D eigenvalue weighted by Crippen LogP contribution is -2.38. The van der Waals surface area contributed by atoms with E-state index < -0.39 is 11.5 Å². The molecule has 0 aliphatic carbocycles. The highest BCUT2D eigenvalue weighted by atomic mass is 16.3. The molecule has 0 atom stereocenters. The molecule has 2 amide bonds. The molecular formula is C22H23N3O4. The van der Waals surface area contributed by atoms with Crippen LogP contribution in [-0.2, 0) is 7.05 Å². The summed E-state index contributed by atoms with van der Waals surface area (Å²) in [5, 5.41) is 3.40. The lowest BCUT2D eigenvalue weighted by molar-refractivity contribution is 0.0696. The maximum Gasteiger partial charge on any atom is 0.291 e. The van der Waals surface area contributed by atoms with Crippen LogP contribution in [-0.4, -0.2) is 34.4 Å². The summed E-state index contributed by atoms with van der Waals surface area (Å²) >= 11 is 0. The van der Waals surface area contributed by atoms with Gasteiger partial charge in [0.25, 0.3) is 17.4 Å². The minimum absolute atomic E-state index is 0.0502. The summed E-state index contributed by atoms with van der Waals surface area (Å²) in [6, 6.07) is 10.4. The van der Waals surface area contributed by atoms with Crippen LogP contribution in [0.25, 0.3) is 11.0 Å². The van der Waals surface area contributed by atoms with E-state index in [-0.39, 0.29) is 17.4 Å². The fourth-order valence-electron chi connectivity index (χ4n) is 3.59. The summed E-state index contributed by atoms with van der Waals surface area (Å²) in [6.07, 6.45) is 3.44. The molecule has 3 aromatic rings. The van der Waals surface area contributed by atoms with E-state index in [4.69, 9.17) is 4.42 Å². The summed E-state index contributed by atoms with van der Waals surface area (Å²) in [6.45, 7) is 3.58. The first-order valence-corrected chi connectivity index (χ1v) is 9.72. The normalized spacial score (nSPS) is 14.9. The van der Waals surface area contributed by atoms with Gasteiger partial charge in [0.15, 0.2) is 5.76 Å². The Kier molecular flexibility index (Phi) is 4.96. The van der Waals surface area contributed by atoms with Crippen LogP contribution >= 0.6 is 0 Å². The summed E-state index contributed by atoms with van der Waals surface area (Å²) in [4.78, 5) is 39.8. The highest BCUT2D eigenvalue weighted by Crippen LogP contribution is 2.21. The van der Waals surface area contributed by atoms with Crippen molar-refractivity contribution in [2.24, 2.45) is 13.0 Å². The zero-order valence-electron chi connectivity index (χ0n) is 16.5. The minimum atomic E-state index is -0.533. The highest BCUT2D eigenvalue weighted by Gasteiger charge is 2.23. The predicted octanol–water partition coefficient (Wildman–Crippen LogP) is 3.26. The van der Waals surface area contributed by atoms with E-state index in [0.717, 1.165) is 18.2 Å². The quantitative estimate of drug-likeness (QED) is 0.740. The van der Waals surface area contributed by atoms with Gasteiger partial charge in [-0.3, -0.25) is 14.4 Å². The van der Waals surface area contributed by atoms with Crippen molar-refractivity contribution in [1.82, 2.24) is 9.47 Å². The number of aromatic nitrogens is 1. The van der Waals surface area contributed by atoms with E-state index in [2.05, 4.69) is 12.2 Å². The van der Waals surface area contributed by atoms with Crippen LogP contribution in [0.15, 0.2) is 51.8 Å². The van der Waals surface area contributed by atoms with Gasteiger partial charge in [-0.2, -0.15) is 0 Å². The molecule has 0 radical (unpaired) electrons. The SMILES string of the molecule is CC1CCN(C(=O)c2cc(NC(=O)c3cc4ccccc4o3)c(=O)n(C)c2)CC1. The van der Waals surface area contributed by atoms with Gasteiger partial charge in [0, 0.05) is 31.7 Å². The number of carbonyl (C=O) groups excluding carboxylic acids is 2. The van der Waals surface area contributed by atoms with Crippen molar-refractivity contribution >= 4 is 28.5 Å². The largest absolute Gasteiger partial charge is 0.451 e. The number of fused-ring (bicyclic) bond motifs is 1. The fraction of sp³-hybridized carbons (Fsp3) is 0.318. The number of piperidine rings is 1. The maximum absolute atomic E-state index is 12.9. The molecule has 150 valence electrons. The average Bonchev–Trinajstić information content (AvgIpc) is 3.16. The van der Waals surface area contributed by atoms with Gasteiger partial charge >= 0.3 is 0 Å². The van der Waals surface area contributed by atoms with Crippen LogP contribution in [0.5, 0.6) is 0 Å². The zero-order chi connectivity index (χ0) is 20.5. The molecule has 1 fully saturated rings. The number of carbonyl (C=O) groups is 2. The standard InChI is InChI=1S/C22H23N3O4/c1-14-7-9-25(10-8-14)21(27)16-11-17(22(28)24(2)13-16)23-20(26)19-12-15-5-3-4-6-18(15)29-19/h3-6,11-14H,7-10H2,1-2H3,(H,23,26). The van der Waals surface area contributed by atoms with Gasteiger partial charge in [0.05, 0.1) is 5.56 Å². The van der Waals surface area contributed by atoms with E-state index in [9.17, 15) is 14.4 Å². The molecule has 0 bridgehead atoms. The number of amides is 2. The number of pyridine rings is 1. The molecular weight excluding hydrogens is 370 g/mol. The minimum Gasteiger partial charge on any atom is -0.451 e. The van der Waals surface area contributed by atoms with Crippen molar-refractivity contribution in [2.75, 3.05) is 18.4 Å². The Balaban J connectivity index is 1.59. The van der Waals surface area contributed by atoms with Gasteiger partial charge in [-0.1, -0.05) is 25.1 Å². The summed E-state index contributed by atoms with van der Waals surface area (Å²) in [5.74, 6) is 0.0503. The summed E-state index contributed by atoms with van der Waals surface area (Å²) in [7, 11) is 1.56. The van der Waals surface area contributed by atoms with E-state index in [1.165, 1.54) is 16.8 Å². The second-order valence-electron chi connectivity index (χ2n) is 7.64. The number of hydrogen-bond donors (Lipinski definition) is 1. The molecule has 7 heteroatoms.